The summed E-state index contributed by atoms with van der Waals surface area (Å²) >= 11 is 0. The number of para-hydroxylation sites is 1. The lowest BCUT2D eigenvalue weighted by molar-refractivity contribution is 0.147. The first kappa shape index (κ1) is 22.0. The van der Waals surface area contributed by atoms with Crippen LogP contribution in [0.2, 0.25) is 0 Å². The summed E-state index contributed by atoms with van der Waals surface area (Å²) in [5.41, 5.74) is 2.55. The van der Waals surface area contributed by atoms with E-state index in [0.29, 0.717) is 6.04 Å². The second-order valence-corrected chi connectivity index (χ2v) is 7.56. The quantitative estimate of drug-likeness (QED) is 0.334. The number of aliphatic imine (C=N–C) groups is 1. The van der Waals surface area contributed by atoms with Gasteiger partial charge in [0.05, 0.1) is 0 Å². The lowest BCUT2D eigenvalue weighted by Crippen LogP contribution is -2.48. The molecule has 0 aliphatic carbocycles. The lowest BCUT2D eigenvalue weighted by Gasteiger charge is -2.35. The Bertz CT molecular complexity index is 718. The number of halogens is 1. The first-order valence-electron chi connectivity index (χ1n) is 9.91. The van der Waals surface area contributed by atoms with Gasteiger partial charge in [0, 0.05) is 43.3 Å². The minimum Gasteiger partial charge on any atom is -0.361 e. The molecular weight excluding hydrogens is 449 g/mol. The monoisotopic (exact) mass is 483 g/mol. The Labute approximate surface area is 180 Å². The number of aromatic amines is 1. The van der Waals surface area contributed by atoms with E-state index in [4.69, 9.17) is 0 Å². The van der Waals surface area contributed by atoms with Gasteiger partial charge in [-0.05, 0) is 56.8 Å². The number of rotatable bonds is 6. The van der Waals surface area contributed by atoms with E-state index in [1.807, 2.05) is 7.05 Å². The van der Waals surface area contributed by atoms with Crippen molar-refractivity contribution >= 4 is 40.8 Å². The third kappa shape index (κ3) is 6.10. The number of likely N-dealkylation sites (tertiary alicyclic amines) is 1. The molecule has 3 rings (SSSR count). The van der Waals surface area contributed by atoms with Crippen LogP contribution < -0.4 is 10.6 Å². The summed E-state index contributed by atoms with van der Waals surface area (Å²) in [4.78, 5) is 10.3. The average Bonchev–Trinajstić information content (AvgIpc) is 3.08. The zero-order chi connectivity index (χ0) is 18.4. The van der Waals surface area contributed by atoms with Crippen molar-refractivity contribution < 1.29 is 0 Å². The molecule has 1 fully saturated rings. The minimum atomic E-state index is 0. The van der Waals surface area contributed by atoms with Crippen molar-refractivity contribution in [2.75, 3.05) is 33.2 Å². The molecule has 6 heteroatoms. The third-order valence-electron chi connectivity index (χ3n) is 5.59. The predicted octanol–water partition coefficient (Wildman–Crippen LogP) is 3.61. The molecule has 1 unspecified atom stereocenters. The maximum Gasteiger partial charge on any atom is 0.191 e. The molecule has 0 saturated carbocycles. The van der Waals surface area contributed by atoms with Crippen LogP contribution in [0.1, 0.15) is 32.3 Å². The second-order valence-electron chi connectivity index (χ2n) is 7.56. The molecule has 3 N–H and O–H groups in total. The summed E-state index contributed by atoms with van der Waals surface area (Å²) in [7, 11) is 1.84. The van der Waals surface area contributed by atoms with Gasteiger partial charge in [-0.1, -0.05) is 25.1 Å². The molecule has 5 nitrogen and oxygen atoms in total. The molecule has 1 aromatic carbocycles. The Morgan fingerprint density at radius 1 is 1.26 bits per heavy atom. The van der Waals surface area contributed by atoms with Crippen LogP contribution in [-0.2, 0) is 6.42 Å². The number of aromatic nitrogens is 1. The van der Waals surface area contributed by atoms with Crippen molar-refractivity contribution in [3.05, 3.63) is 36.0 Å². The molecule has 0 spiro atoms. The van der Waals surface area contributed by atoms with Gasteiger partial charge in [0.2, 0.25) is 0 Å². The highest BCUT2D eigenvalue weighted by atomic mass is 127. The number of nitrogens with one attached hydrogen (secondary N) is 3. The Kier molecular flexibility index (Phi) is 8.89. The van der Waals surface area contributed by atoms with Gasteiger partial charge in [0.15, 0.2) is 5.96 Å². The van der Waals surface area contributed by atoms with E-state index < -0.39 is 0 Å². The largest absolute Gasteiger partial charge is 0.361 e. The summed E-state index contributed by atoms with van der Waals surface area (Å²) in [5.74, 6) is 1.77. The normalized spacial score (nSPS) is 17.5. The zero-order valence-corrected chi connectivity index (χ0v) is 19.1. The van der Waals surface area contributed by atoms with Crippen LogP contribution in [0.3, 0.4) is 0 Å². The zero-order valence-electron chi connectivity index (χ0n) is 16.8. The lowest BCUT2D eigenvalue weighted by atomic mass is 9.98. The van der Waals surface area contributed by atoms with Gasteiger partial charge >= 0.3 is 0 Å². The fourth-order valence-corrected chi connectivity index (χ4v) is 3.72. The maximum atomic E-state index is 4.37. The smallest absolute Gasteiger partial charge is 0.191 e. The van der Waals surface area contributed by atoms with Crippen molar-refractivity contribution in [1.82, 2.24) is 20.5 Å². The highest BCUT2D eigenvalue weighted by Gasteiger charge is 2.20. The Hall–Kier alpha value is -1.28. The van der Waals surface area contributed by atoms with Crippen molar-refractivity contribution in [3.8, 4) is 0 Å². The van der Waals surface area contributed by atoms with Crippen LogP contribution in [0.25, 0.3) is 10.9 Å². The van der Waals surface area contributed by atoms with Gasteiger partial charge < -0.3 is 15.6 Å². The van der Waals surface area contributed by atoms with E-state index >= 15 is 0 Å². The van der Waals surface area contributed by atoms with Gasteiger partial charge in [-0.3, -0.25) is 9.89 Å². The molecule has 0 radical (unpaired) electrons. The molecular formula is C21H34IN5. The van der Waals surface area contributed by atoms with Crippen LogP contribution in [0.5, 0.6) is 0 Å². The number of guanidine groups is 1. The number of piperidine rings is 1. The number of nitrogens with zero attached hydrogens (tertiary/aromatic N) is 2. The van der Waals surface area contributed by atoms with E-state index in [2.05, 4.69) is 69.8 Å². The Morgan fingerprint density at radius 2 is 2.00 bits per heavy atom. The third-order valence-corrected chi connectivity index (χ3v) is 5.59. The topological polar surface area (TPSA) is 55.5 Å². The predicted molar refractivity (Wildman–Crippen MR) is 126 cm³/mol. The summed E-state index contributed by atoms with van der Waals surface area (Å²) < 4.78 is 0. The van der Waals surface area contributed by atoms with Crippen LogP contribution in [0.15, 0.2) is 35.5 Å². The van der Waals surface area contributed by atoms with Crippen LogP contribution in [0.4, 0.5) is 0 Å². The van der Waals surface area contributed by atoms with E-state index in [1.165, 1.54) is 42.4 Å². The standard InChI is InChI=1S/C21H33N5.HI/c1-16-9-12-26(13-10-16)17(2)14-25-21(22-3)23-11-8-18-15-24-20-7-5-4-6-19(18)20;/h4-7,15-17,24H,8-14H2,1-3H3,(H2,22,23,25);1H. The molecule has 27 heavy (non-hydrogen) atoms. The fourth-order valence-electron chi connectivity index (χ4n) is 3.72. The van der Waals surface area contributed by atoms with Crippen molar-refractivity contribution in [3.63, 3.8) is 0 Å². The molecule has 1 aliphatic heterocycles. The van der Waals surface area contributed by atoms with Gasteiger partial charge in [0.1, 0.15) is 0 Å². The van der Waals surface area contributed by atoms with E-state index in [9.17, 15) is 0 Å². The number of hydrogen-bond donors (Lipinski definition) is 3. The molecule has 1 aromatic heterocycles. The molecule has 0 amide bonds. The minimum absolute atomic E-state index is 0. The molecule has 1 atom stereocenters. The molecule has 2 heterocycles. The van der Waals surface area contributed by atoms with Gasteiger partial charge in [0.25, 0.3) is 0 Å². The van der Waals surface area contributed by atoms with Crippen LogP contribution >= 0.6 is 24.0 Å². The first-order valence-corrected chi connectivity index (χ1v) is 9.91. The first-order chi connectivity index (χ1) is 12.7. The SMILES string of the molecule is CN=C(NCCc1c[nH]c2ccccc12)NCC(C)N1CCC(C)CC1.I. The van der Waals surface area contributed by atoms with Crippen molar-refractivity contribution in [2.45, 2.75) is 39.2 Å². The van der Waals surface area contributed by atoms with E-state index in [1.54, 1.807) is 0 Å². The van der Waals surface area contributed by atoms with Gasteiger partial charge in [-0.15, -0.1) is 24.0 Å². The average molecular weight is 483 g/mol. The number of benzene rings is 1. The molecule has 1 aliphatic rings. The van der Waals surface area contributed by atoms with Crippen molar-refractivity contribution in [2.24, 2.45) is 10.9 Å². The summed E-state index contributed by atoms with van der Waals surface area (Å²) in [6, 6.07) is 8.99. The Balaban J connectivity index is 0.00000261. The second kappa shape index (κ2) is 10.9. The Morgan fingerprint density at radius 3 is 2.74 bits per heavy atom. The van der Waals surface area contributed by atoms with E-state index in [-0.39, 0.29) is 24.0 Å². The molecule has 2 aromatic rings. The number of fused-ring (bicyclic) bond motifs is 1. The fraction of sp³-hybridized carbons (Fsp3) is 0.571. The highest BCUT2D eigenvalue weighted by Crippen LogP contribution is 2.18. The summed E-state index contributed by atoms with van der Waals surface area (Å²) in [5, 5.41) is 8.24. The highest BCUT2D eigenvalue weighted by molar-refractivity contribution is 14.0. The maximum absolute atomic E-state index is 4.37. The summed E-state index contributed by atoms with van der Waals surface area (Å²) in [6.45, 7) is 8.91. The summed E-state index contributed by atoms with van der Waals surface area (Å²) in [6.07, 6.45) is 5.73. The molecule has 0 bridgehead atoms. The molecule has 1 saturated heterocycles. The number of hydrogen-bond acceptors (Lipinski definition) is 2. The van der Waals surface area contributed by atoms with Crippen LogP contribution in [0, 0.1) is 5.92 Å². The van der Waals surface area contributed by atoms with Gasteiger partial charge in [-0.2, -0.15) is 0 Å². The van der Waals surface area contributed by atoms with Crippen molar-refractivity contribution in [1.29, 1.82) is 0 Å². The van der Waals surface area contributed by atoms with Crippen LogP contribution in [-0.4, -0.2) is 55.1 Å². The van der Waals surface area contributed by atoms with E-state index in [0.717, 1.165) is 31.4 Å². The molecule has 150 valence electrons. The number of H-pyrrole nitrogens is 1. The van der Waals surface area contributed by atoms with Gasteiger partial charge in [-0.25, -0.2) is 0 Å².